The van der Waals surface area contributed by atoms with Crippen LogP contribution in [0.1, 0.15) is 20.3 Å². The summed E-state index contributed by atoms with van der Waals surface area (Å²) >= 11 is 0. The molecule has 0 spiro atoms. The van der Waals surface area contributed by atoms with Gasteiger partial charge in [0.25, 0.3) is 0 Å². The summed E-state index contributed by atoms with van der Waals surface area (Å²) in [7, 11) is 0. The highest BCUT2D eigenvalue weighted by Crippen LogP contribution is 1.91. The maximum absolute atomic E-state index is 11.1. The van der Waals surface area contributed by atoms with Crippen molar-refractivity contribution in [3.8, 4) is 0 Å². The van der Waals surface area contributed by atoms with Crippen LogP contribution in [0.4, 0.5) is 0 Å². The van der Waals surface area contributed by atoms with E-state index in [4.69, 9.17) is 33.2 Å². The first kappa shape index (κ1) is 26.0. The van der Waals surface area contributed by atoms with Crippen molar-refractivity contribution in [2.24, 2.45) is 0 Å². The molecule has 0 heterocycles. The SMILES string of the molecule is C=C(C)C(=O)OCCOCCOCCOCCOCCOCCOCCC. The molecule has 0 bridgehead atoms. The normalized spacial score (nSPS) is 10.9. The van der Waals surface area contributed by atoms with Gasteiger partial charge in [-0.25, -0.2) is 4.79 Å². The molecule has 0 fully saturated rings. The van der Waals surface area contributed by atoms with E-state index < -0.39 is 5.97 Å². The average molecular weight is 392 g/mol. The van der Waals surface area contributed by atoms with Crippen LogP contribution < -0.4 is 0 Å². The molecule has 160 valence electrons. The zero-order valence-corrected chi connectivity index (χ0v) is 16.9. The van der Waals surface area contributed by atoms with Crippen LogP contribution in [-0.4, -0.2) is 91.9 Å². The number of hydrogen-bond donors (Lipinski definition) is 0. The number of rotatable bonds is 21. The number of hydrogen-bond acceptors (Lipinski definition) is 8. The molecule has 0 N–H and O–H groups in total. The van der Waals surface area contributed by atoms with Crippen LogP contribution in [0.2, 0.25) is 0 Å². The Morgan fingerprint density at radius 3 is 1.19 bits per heavy atom. The van der Waals surface area contributed by atoms with Gasteiger partial charge in [0.05, 0.1) is 72.7 Å². The molecular weight excluding hydrogens is 356 g/mol. The molecule has 0 unspecified atom stereocenters. The lowest BCUT2D eigenvalue weighted by Gasteiger charge is -2.08. The lowest BCUT2D eigenvalue weighted by molar-refractivity contribution is -0.140. The summed E-state index contributed by atoms with van der Waals surface area (Å²) in [6, 6.07) is 0. The summed E-state index contributed by atoms with van der Waals surface area (Å²) in [4.78, 5) is 11.1. The monoisotopic (exact) mass is 392 g/mol. The van der Waals surface area contributed by atoms with E-state index in [2.05, 4.69) is 13.5 Å². The Balaban J connectivity index is 3.05. The maximum atomic E-state index is 11.1. The van der Waals surface area contributed by atoms with Gasteiger partial charge in [0.1, 0.15) is 6.61 Å². The fourth-order valence-corrected chi connectivity index (χ4v) is 1.66. The van der Waals surface area contributed by atoms with Crippen LogP contribution in [0.25, 0.3) is 0 Å². The molecule has 27 heavy (non-hydrogen) atoms. The predicted octanol–water partition coefficient (Wildman–Crippen LogP) is 1.62. The zero-order chi connectivity index (χ0) is 20.0. The molecule has 0 aliphatic heterocycles. The van der Waals surface area contributed by atoms with Gasteiger partial charge in [-0.05, 0) is 13.3 Å². The van der Waals surface area contributed by atoms with E-state index in [1.165, 1.54) is 0 Å². The van der Waals surface area contributed by atoms with E-state index in [1.807, 2.05) is 0 Å². The molecular formula is C19H36O8. The Labute approximate surface area is 163 Å². The van der Waals surface area contributed by atoms with Crippen molar-refractivity contribution in [2.75, 3.05) is 85.9 Å². The van der Waals surface area contributed by atoms with E-state index in [9.17, 15) is 4.79 Å². The Bertz CT molecular complexity index is 349. The molecule has 0 aliphatic rings. The minimum absolute atomic E-state index is 0.215. The minimum atomic E-state index is -0.402. The third-order valence-corrected chi connectivity index (χ3v) is 3.02. The molecule has 8 heteroatoms. The number of carbonyl (C=O) groups is 1. The summed E-state index contributed by atoms with van der Waals surface area (Å²) < 4.78 is 36.9. The summed E-state index contributed by atoms with van der Waals surface area (Å²) in [5.41, 5.74) is 0.380. The van der Waals surface area contributed by atoms with Gasteiger partial charge in [0.2, 0.25) is 0 Å². The fraction of sp³-hybridized carbons (Fsp3) is 0.842. The highest BCUT2D eigenvalue weighted by Gasteiger charge is 2.01. The van der Waals surface area contributed by atoms with E-state index in [-0.39, 0.29) is 6.61 Å². The van der Waals surface area contributed by atoms with E-state index in [0.29, 0.717) is 78.2 Å². The summed E-state index contributed by atoms with van der Waals surface area (Å²) in [5.74, 6) is -0.402. The van der Waals surface area contributed by atoms with Crippen molar-refractivity contribution >= 4 is 5.97 Å². The maximum Gasteiger partial charge on any atom is 0.333 e. The van der Waals surface area contributed by atoms with Crippen molar-refractivity contribution in [3.05, 3.63) is 12.2 Å². The Kier molecular flexibility index (Phi) is 20.5. The van der Waals surface area contributed by atoms with Gasteiger partial charge in [-0.15, -0.1) is 0 Å². The van der Waals surface area contributed by atoms with E-state index >= 15 is 0 Å². The summed E-state index contributed by atoms with van der Waals surface area (Å²) in [6.45, 7) is 13.8. The van der Waals surface area contributed by atoms with Gasteiger partial charge in [0, 0.05) is 12.2 Å². The van der Waals surface area contributed by atoms with E-state index in [1.54, 1.807) is 6.92 Å². The van der Waals surface area contributed by atoms with Gasteiger partial charge < -0.3 is 33.2 Å². The first-order valence-electron chi connectivity index (χ1n) is 9.47. The van der Waals surface area contributed by atoms with Crippen molar-refractivity contribution in [1.82, 2.24) is 0 Å². The van der Waals surface area contributed by atoms with Crippen molar-refractivity contribution in [3.63, 3.8) is 0 Å². The molecule has 0 radical (unpaired) electrons. The highest BCUT2D eigenvalue weighted by molar-refractivity contribution is 5.86. The average Bonchev–Trinajstić information content (AvgIpc) is 2.66. The Hall–Kier alpha value is -1.03. The number of ether oxygens (including phenoxy) is 7. The lowest BCUT2D eigenvalue weighted by atomic mass is 10.4. The quantitative estimate of drug-likeness (QED) is 0.166. The molecule has 0 aliphatic carbocycles. The third kappa shape index (κ3) is 21.1. The van der Waals surface area contributed by atoms with Gasteiger partial charge in [0.15, 0.2) is 0 Å². The predicted molar refractivity (Wildman–Crippen MR) is 101 cm³/mol. The molecule has 0 atom stereocenters. The second-order valence-electron chi connectivity index (χ2n) is 5.59. The molecule has 0 saturated carbocycles. The second kappa shape index (κ2) is 21.3. The van der Waals surface area contributed by atoms with E-state index in [0.717, 1.165) is 13.0 Å². The van der Waals surface area contributed by atoms with Crippen LogP contribution in [0.15, 0.2) is 12.2 Å². The van der Waals surface area contributed by atoms with Gasteiger partial charge in [-0.2, -0.15) is 0 Å². The number of carbonyl (C=O) groups excluding carboxylic acids is 1. The fourth-order valence-electron chi connectivity index (χ4n) is 1.66. The first-order valence-corrected chi connectivity index (χ1v) is 9.47. The zero-order valence-electron chi connectivity index (χ0n) is 16.9. The summed E-state index contributed by atoms with van der Waals surface area (Å²) in [5, 5.41) is 0. The first-order chi connectivity index (χ1) is 13.2. The Morgan fingerprint density at radius 2 is 0.889 bits per heavy atom. The molecule has 0 aromatic carbocycles. The van der Waals surface area contributed by atoms with Gasteiger partial charge in [-0.1, -0.05) is 13.5 Å². The molecule has 0 saturated heterocycles. The largest absolute Gasteiger partial charge is 0.460 e. The van der Waals surface area contributed by atoms with Crippen molar-refractivity contribution in [2.45, 2.75) is 20.3 Å². The van der Waals surface area contributed by atoms with Crippen LogP contribution in [0, 0.1) is 0 Å². The molecule has 0 aromatic heterocycles. The number of esters is 1. The Morgan fingerprint density at radius 1 is 0.593 bits per heavy atom. The minimum Gasteiger partial charge on any atom is -0.460 e. The molecule has 0 aromatic rings. The van der Waals surface area contributed by atoms with Crippen molar-refractivity contribution in [1.29, 1.82) is 0 Å². The second-order valence-corrected chi connectivity index (χ2v) is 5.59. The molecule has 0 rings (SSSR count). The molecule has 8 nitrogen and oxygen atoms in total. The van der Waals surface area contributed by atoms with Crippen LogP contribution in [0.5, 0.6) is 0 Å². The van der Waals surface area contributed by atoms with Gasteiger partial charge in [-0.3, -0.25) is 0 Å². The molecule has 0 amide bonds. The van der Waals surface area contributed by atoms with Crippen molar-refractivity contribution < 1.29 is 38.0 Å². The highest BCUT2D eigenvalue weighted by atomic mass is 16.6. The standard InChI is InChI=1S/C19H36O8/c1-4-5-21-6-7-22-8-9-23-10-11-24-12-13-25-14-15-26-16-17-27-19(20)18(2)3/h2,4-17H2,1,3H3. The van der Waals surface area contributed by atoms with Crippen LogP contribution >= 0.6 is 0 Å². The smallest absolute Gasteiger partial charge is 0.333 e. The van der Waals surface area contributed by atoms with Gasteiger partial charge >= 0.3 is 5.97 Å². The van der Waals surface area contributed by atoms with Crippen LogP contribution in [0.3, 0.4) is 0 Å². The topological polar surface area (TPSA) is 81.7 Å². The third-order valence-electron chi connectivity index (χ3n) is 3.02. The van der Waals surface area contributed by atoms with Crippen LogP contribution in [-0.2, 0) is 38.0 Å². The lowest BCUT2D eigenvalue weighted by Crippen LogP contribution is -2.15. The summed E-state index contributed by atoms with van der Waals surface area (Å²) in [6.07, 6.45) is 1.02.